The summed E-state index contributed by atoms with van der Waals surface area (Å²) in [4.78, 5) is 26.4. The Bertz CT molecular complexity index is 936. The first-order chi connectivity index (χ1) is 12.9. The number of β-amino-alcohol motifs (C(OH)–C–C–N with tert-alkyl or cyclic N) is 1. The Labute approximate surface area is 153 Å². The highest BCUT2D eigenvalue weighted by atomic mass is 19.2. The van der Waals surface area contributed by atoms with Gasteiger partial charge < -0.3 is 15.2 Å². The van der Waals surface area contributed by atoms with E-state index < -0.39 is 35.2 Å². The minimum Gasteiger partial charge on any atom is -0.493 e. The number of nitrogens with zero attached hydrogens (tertiary/aromatic N) is 1. The molecule has 8 heteroatoms. The lowest BCUT2D eigenvalue weighted by atomic mass is 9.84. The number of fused-ring (bicyclic) bond motifs is 2. The molecule has 2 aliphatic rings. The summed E-state index contributed by atoms with van der Waals surface area (Å²) in [6.07, 6.45) is -1.09. The molecule has 0 aliphatic carbocycles. The third-order valence-electron chi connectivity index (χ3n) is 4.94. The van der Waals surface area contributed by atoms with Gasteiger partial charge in [-0.1, -0.05) is 24.3 Å². The highest BCUT2D eigenvalue weighted by molar-refractivity contribution is 6.08. The van der Waals surface area contributed by atoms with Gasteiger partial charge >= 0.3 is 6.03 Å². The summed E-state index contributed by atoms with van der Waals surface area (Å²) in [5.41, 5.74) is -0.623. The van der Waals surface area contributed by atoms with Crippen LogP contribution in [0.25, 0.3) is 0 Å². The van der Waals surface area contributed by atoms with Crippen LogP contribution in [-0.2, 0) is 10.3 Å². The molecule has 1 spiro atoms. The van der Waals surface area contributed by atoms with Crippen molar-refractivity contribution in [1.29, 1.82) is 0 Å². The fourth-order valence-corrected chi connectivity index (χ4v) is 3.54. The molecule has 4 rings (SSSR count). The zero-order valence-corrected chi connectivity index (χ0v) is 14.1. The van der Waals surface area contributed by atoms with Crippen LogP contribution in [0, 0.1) is 11.6 Å². The molecule has 140 valence electrons. The van der Waals surface area contributed by atoms with Crippen molar-refractivity contribution >= 4 is 11.9 Å². The van der Waals surface area contributed by atoms with E-state index in [9.17, 15) is 23.5 Å². The molecule has 2 aliphatic heterocycles. The summed E-state index contributed by atoms with van der Waals surface area (Å²) in [7, 11) is 0. The number of carbonyl (C=O) groups is 2. The van der Waals surface area contributed by atoms with Gasteiger partial charge in [0.05, 0.1) is 19.3 Å². The Hall–Kier alpha value is -3.00. The number of nitrogens with one attached hydrogen (secondary N) is 1. The smallest absolute Gasteiger partial charge is 0.325 e. The van der Waals surface area contributed by atoms with E-state index in [1.54, 1.807) is 24.3 Å². The summed E-state index contributed by atoms with van der Waals surface area (Å²) in [6.45, 7) is -0.122. The first-order valence-corrected chi connectivity index (χ1v) is 8.42. The van der Waals surface area contributed by atoms with E-state index >= 15 is 0 Å². The molecule has 0 unspecified atom stereocenters. The van der Waals surface area contributed by atoms with Crippen LogP contribution in [0.3, 0.4) is 0 Å². The van der Waals surface area contributed by atoms with Crippen LogP contribution >= 0.6 is 0 Å². The first kappa shape index (κ1) is 17.4. The molecule has 0 bridgehead atoms. The molecule has 2 aromatic rings. The van der Waals surface area contributed by atoms with E-state index in [4.69, 9.17) is 4.74 Å². The molecule has 0 saturated carbocycles. The predicted molar refractivity (Wildman–Crippen MR) is 89.8 cm³/mol. The Balaban J connectivity index is 1.62. The van der Waals surface area contributed by atoms with E-state index in [1.165, 1.54) is 6.07 Å². The number of ether oxygens (including phenoxy) is 1. The van der Waals surface area contributed by atoms with Crippen LogP contribution in [0.15, 0.2) is 42.5 Å². The molecule has 1 saturated heterocycles. The lowest BCUT2D eigenvalue weighted by molar-refractivity contribution is -0.133. The molecular formula is C19H16F2N2O4. The standard InChI is InChI=1S/C19H16F2N2O4/c20-13-6-5-11(9-14(13)21)15(24)10-23-17(25)19(22-18(23)26)7-8-27-16-4-2-1-3-12(16)19/h1-6,9,15,24H,7-8,10H2,(H,22,26)/t15-,19+/m0/s1. The van der Waals surface area contributed by atoms with Crippen LogP contribution in [0.4, 0.5) is 13.6 Å². The average molecular weight is 374 g/mol. The summed E-state index contributed by atoms with van der Waals surface area (Å²) >= 11 is 0. The van der Waals surface area contributed by atoms with Gasteiger partial charge in [0.2, 0.25) is 0 Å². The van der Waals surface area contributed by atoms with Crippen molar-refractivity contribution in [3.05, 3.63) is 65.2 Å². The van der Waals surface area contributed by atoms with Crippen molar-refractivity contribution in [2.45, 2.75) is 18.1 Å². The van der Waals surface area contributed by atoms with Crippen molar-refractivity contribution in [3.8, 4) is 5.75 Å². The topological polar surface area (TPSA) is 78.9 Å². The zero-order valence-electron chi connectivity index (χ0n) is 14.1. The summed E-state index contributed by atoms with van der Waals surface area (Å²) in [5.74, 6) is -2.15. The van der Waals surface area contributed by atoms with Gasteiger partial charge in [-0.3, -0.25) is 9.69 Å². The van der Waals surface area contributed by atoms with E-state index in [0.717, 1.165) is 17.0 Å². The van der Waals surface area contributed by atoms with Crippen LogP contribution in [-0.4, -0.2) is 35.1 Å². The Morgan fingerprint density at radius 1 is 1.19 bits per heavy atom. The number of imide groups is 1. The minimum atomic E-state index is -1.35. The summed E-state index contributed by atoms with van der Waals surface area (Å²) < 4.78 is 32.0. The quantitative estimate of drug-likeness (QED) is 0.808. The second kappa shape index (κ2) is 6.31. The number of benzene rings is 2. The van der Waals surface area contributed by atoms with Crippen molar-refractivity contribution in [2.75, 3.05) is 13.2 Å². The summed E-state index contributed by atoms with van der Waals surface area (Å²) in [6, 6.07) is 9.22. The SMILES string of the molecule is O=C1N[C@@]2(CCOc3ccccc32)C(=O)N1C[C@H](O)c1ccc(F)c(F)c1. The number of hydrogen-bond donors (Lipinski definition) is 2. The molecule has 1 fully saturated rings. The van der Waals surface area contributed by atoms with E-state index in [-0.39, 0.29) is 25.1 Å². The second-order valence-electron chi connectivity index (χ2n) is 6.54. The highest BCUT2D eigenvalue weighted by Crippen LogP contribution is 2.41. The van der Waals surface area contributed by atoms with E-state index in [2.05, 4.69) is 5.32 Å². The molecule has 2 aromatic carbocycles. The molecule has 0 aromatic heterocycles. The molecular weight excluding hydrogens is 358 g/mol. The molecule has 27 heavy (non-hydrogen) atoms. The number of para-hydroxylation sites is 1. The van der Waals surface area contributed by atoms with Gasteiger partial charge in [0.1, 0.15) is 5.75 Å². The number of carbonyl (C=O) groups excluding carboxylic acids is 2. The molecule has 3 amide bonds. The largest absolute Gasteiger partial charge is 0.493 e. The number of halogens is 2. The monoisotopic (exact) mass is 374 g/mol. The number of rotatable bonds is 3. The number of urea groups is 1. The van der Waals surface area contributed by atoms with Gasteiger partial charge in [0.15, 0.2) is 17.2 Å². The average Bonchev–Trinajstić information content (AvgIpc) is 2.89. The van der Waals surface area contributed by atoms with Gasteiger partial charge in [-0.05, 0) is 23.8 Å². The lowest BCUT2D eigenvalue weighted by Crippen LogP contribution is -2.47. The van der Waals surface area contributed by atoms with E-state index in [0.29, 0.717) is 11.3 Å². The third kappa shape index (κ3) is 2.73. The number of aliphatic hydroxyl groups is 1. The third-order valence-corrected chi connectivity index (χ3v) is 4.94. The highest BCUT2D eigenvalue weighted by Gasteiger charge is 2.55. The Kier molecular flexibility index (Phi) is 4.07. The number of aliphatic hydroxyl groups excluding tert-OH is 1. The minimum absolute atomic E-state index is 0.0721. The maximum Gasteiger partial charge on any atom is 0.325 e. The normalized spacial score (nSPS) is 22.4. The predicted octanol–water partition coefficient (Wildman–Crippen LogP) is 2.23. The second-order valence-corrected chi connectivity index (χ2v) is 6.54. The fourth-order valence-electron chi connectivity index (χ4n) is 3.54. The van der Waals surface area contributed by atoms with Gasteiger partial charge in [0.25, 0.3) is 5.91 Å². The first-order valence-electron chi connectivity index (χ1n) is 8.42. The van der Waals surface area contributed by atoms with Crippen LogP contribution < -0.4 is 10.1 Å². The van der Waals surface area contributed by atoms with Crippen LogP contribution in [0.1, 0.15) is 23.7 Å². The zero-order chi connectivity index (χ0) is 19.2. The molecule has 0 radical (unpaired) electrons. The summed E-state index contributed by atoms with van der Waals surface area (Å²) in [5, 5.41) is 13.0. The molecule has 2 N–H and O–H groups in total. The fraction of sp³-hybridized carbons (Fsp3) is 0.263. The maximum absolute atomic E-state index is 13.4. The maximum atomic E-state index is 13.4. The molecule has 6 nitrogen and oxygen atoms in total. The van der Waals surface area contributed by atoms with E-state index in [1.807, 2.05) is 0 Å². The Morgan fingerprint density at radius 2 is 1.96 bits per heavy atom. The molecule has 2 heterocycles. The van der Waals surface area contributed by atoms with Gasteiger partial charge in [-0.2, -0.15) is 0 Å². The van der Waals surface area contributed by atoms with Gasteiger partial charge in [-0.25, -0.2) is 13.6 Å². The number of hydrogen-bond acceptors (Lipinski definition) is 4. The van der Waals surface area contributed by atoms with Crippen LogP contribution in [0.2, 0.25) is 0 Å². The van der Waals surface area contributed by atoms with Crippen molar-refractivity contribution in [1.82, 2.24) is 10.2 Å². The number of amides is 3. The van der Waals surface area contributed by atoms with Gasteiger partial charge in [0, 0.05) is 12.0 Å². The van der Waals surface area contributed by atoms with Crippen LogP contribution in [0.5, 0.6) is 5.75 Å². The van der Waals surface area contributed by atoms with Crippen molar-refractivity contribution in [2.24, 2.45) is 0 Å². The van der Waals surface area contributed by atoms with Crippen molar-refractivity contribution < 1.29 is 28.2 Å². The van der Waals surface area contributed by atoms with Gasteiger partial charge in [-0.15, -0.1) is 0 Å². The Morgan fingerprint density at radius 3 is 2.74 bits per heavy atom. The lowest BCUT2D eigenvalue weighted by Gasteiger charge is -2.33. The molecule has 2 atom stereocenters. The van der Waals surface area contributed by atoms with Crippen molar-refractivity contribution in [3.63, 3.8) is 0 Å².